The number of hydrogen-bond acceptors (Lipinski definition) is 5. The Labute approximate surface area is 161 Å². The van der Waals surface area contributed by atoms with Gasteiger partial charge in [0.2, 0.25) is 5.91 Å². The first-order valence-electron chi connectivity index (χ1n) is 8.74. The van der Waals surface area contributed by atoms with Crippen LogP contribution in [0.2, 0.25) is 0 Å². The molecule has 1 aromatic rings. The number of thiocarbonyl (C=S) groups is 1. The highest BCUT2D eigenvalue weighted by Gasteiger charge is 2.54. The lowest BCUT2D eigenvalue weighted by Crippen LogP contribution is -2.51. The fraction of sp³-hybridized carbons (Fsp3) is 0.556. The summed E-state index contributed by atoms with van der Waals surface area (Å²) in [6.45, 7) is 5.87. The number of benzene rings is 1. The van der Waals surface area contributed by atoms with Crippen LogP contribution in [0.1, 0.15) is 50.7 Å². The number of rotatable bonds is 6. The Morgan fingerprint density at radius 1 is 1.42 bits per heavy atom. The van der Waals surface area contributed by atoms with E-state index >= 15 is 0 Å². The molecule has 0 spiro atoms. The predicted octanol–water partition coefficient (Wildman–Crippen LogP) is 3.24. The summed E-state index contributed by atoms with van der Waals surface area (Å²) in [6.07, 6.45) is 3.24. The highest BCUT2D eigenvalue weighted by molar-refractivity contribution is 7.80. The molecule has 1 atom stereocenters. The summed E-state index contributed by atoms with van der Waals surface area (Å²) in [4.78, 5) is 15.1. The summed E-state index contributed by atoms with van der Waals surface area (Å²) >= 11 is 5.39. The summed E-state index contributed by atoms with van der Waals surface area (Å²) in [5.41, 5.74) is 1.28. The number of carbonyl (C=O) groups is 1. The lowest BCUT2D eigenvalue weighted by atomic mass is 9.92. The van der Waals surface area contributed by atoms with E-state index in [-0.39, 0.29) is 11.9 Å². The van der Waals surface area contributed by atoms with Crippen molar-refractivity contribution >= 4 is 39.4 Å². The van der Waals surface area contributed by atoms with Crippen LogP contribution in [0, 0.1) is 6.92 Å². The largest absolute Gasteiger partial charge is 0.365 e. The Balaban J connectivity index is 2.44. The van der Waals surface area contributed by atoms with Gasteiger partial charge in [0.25, 0.3) is 0 Å². The minimum atomic E-state index is -2.53. The van der Waals surface area contributed by atoms with Crippen molar-refractivity contribution in [3.63, 3.8) is 0 Å². The number of aryl methyl sites for hydroxylation is 1. The molecule has 142 valence electrons. The van der Waals surface area contributed by atoms with Crippen molar-refractivity contribution in [3.05, 3.63) is 29.3 Å². The average molecular weight is 396 g/mol. The van der Waals surface area contributed by atoms with E-state index in [4.69, 9.17) is 12.2 Å². The van der Waals surface area contributed by atoms with Gasteiger partial charge in [-0.1, -0.05) is 25.5 Å². The Hall–Kier alpha value is -1.80. The molecule has 0 radical (unpaired) electrons. The zero-order valence-corrected chi connectivity index (χ0v) is 17.2. The topological polar surface area (TPSA) is 78.8 Å². The Morgan fingerprint density at radius 3 is 2.58 bits per heavy atom. The molecular formula is C18H25N3O3S2. The molecule has 0 aliphatic heterocycles. The standard InChI is InChI=1S/C18H25N3O3S2/c1-5-6-13(3)21(17(25)19-4)16(22)18(9-10-18)14-8-7-12(2)15(11-14)20-26(23)24/h7-8,11,13H,5-6,9-10H2,1-4H3,(H,19,25). The fourth-order valence-corrected chi connectivity index (χ4v) is 3.85. The second kappa shape index (κ2) is 8.26. The highest BCUT2D eigenvalue weighted by atomic mass is 32.2. The summed E-state index contributed by atoms with van der Waals surface area (Å²) < 4.78 is 25.6. The Bertz CT molecular complexity index is 837. The van der Waals surface area contributed by atoms with Gasteiger partial charge in [-0.15, -0.1) is 4.36 Å². The number of amides is 1. The van der Waals surface area contributed by atoms with Crippen LogP contribution >= 0.6 is 12.2 Å². The van der Waals surface area contributed by atoms with Gasteiger partial charge < -0.3 is 5.32 Å². The third-order valence-electron chi connectivity index (χ3n) is 4.89. The zero-order valence-electron chi connectivity index (χ0n) is 15.6. The SMILES string of the molecule is CCCC(C)N(C(=O)C1(c2ccc(C)c(N=S(=O)=O)c2)CC1)C(=S)NC. The van der Waals surface area contributed by atoms with Crippen molar-refractivity contribution in [2.75, 3.05) is 7.05 Å². The van der Waals surface area contributed by atoms with E-state index in [9.17, 15) is 13.2 Å². The smallest absolute Gasteiger partial charge is 0.316 e. The van der Waals surface area contributed by atoms with Crippen molar-refractivity contribution in [1.82, 2.24) is 10.2 Å². The van der Waals surface area contributed by atoms with E-state index in [2.05, 4.69) is 16.6 Å². The van der Waals surface area contributed by atoms with Gasteiger partial charge in [-0.05, 0) is 62.5 Å². The summed E-state index contributed by atoms with van der Waals surface area (Å²) in [7, 11) is -0.815. The lowest BCUT2D eigenvalue weighted by Gasteiger charge is -2.33. The normalized spacial score (nSPS) is 15.7. The van der Waals surface area contributed by atoms with Crippen LogP contribution in [-0.2, 0) is 20.7 Å². The fourth-order valence-electron chi connectivity index (χ4n) is 3.23. The van der Waals surface area contributed by atoms with E-state index in [1.807, 2.05) is 19.1 Å². The van der Waals surface area contributed by atoms with Crippen LogP contribution < -0.4 is 5.32 Å². The molecule has 8 heteroatoms. The van der Waals surface area contributed by atoms with E-state index in [1.165, 1.54) is 0 Å². The molecule has 6 nitrogen and oxygen atoms in total. The molecule has 26 heavy (non-hydrogen) atoms. The second-order valence-corrected chi connectivity index (χ2v) is 7.76. The van der Waals surface area contributed by atoms with Gasteiger partial charge in [0, 0.05) is 13.1 Å². The quantitative estimate of drug-likeness (QED) is 0.748. The minimum absolute atomic E-state index is 0.00585. The minimum Gasteiger partial charge on any atom is -0.365 e. The van der Waals surface area contributed by atoms with Gasteiger partial charge in [-0.3, -0.25) is 9.69 Å². The molecule has 1 unspecified atom stereocenters. The van der Waals surface area contributed by atoms with Crippen molar-refractivity contribution in [2.45, 2.75) is 57.9 Å². The Kier molecular flexibility index (Phi) is 6.52. The molecule has 1 N–H and O–H groups in total. The van der Waals surface area contributed by atoms with Gasteiger partial charge in [0.15, 0.2) is 5.11 Å². The van der Waals surface area contributed by atoms with E-state index in [1.54, 1.807) is 24.9 Å². The van der Waals surface area contributed by atoms with E-state index in [0.29, 0.717) is 10.8 Å². The molecule has 1 aromatic carbocycles. The van der Waals surface area contributed by atoms with Crippen LogP contribution in [0.3, 0.4) is 0 Å². The maximum absolute atomic E-state index is 13.4. The molecule has 1 saturated carbocycles. The maximum Gasteiger partial charge on any atom is 0.316 e. The molecule has 1 amide bonds. The van der Waals surface area contributed by atoms with Crippen molar-refractivity contribution in [3.8, 4) is 0 Å². The third kappa shape index (κ3) is 4.12. The molecule has 1 fully saturated rings. The molecule has 1 aliphatic rings. The van der Waals surface area contributed by atoms with Gasteiger partial charge in [-0.25, -0.2) is 0 Å². The molecule has 0 heterocycles. The second-order valence-electron chi connectivity index (χ2n) is 6.76. The maximum atomic E-state index is 13.4. The van der Waals surface area contributed by atoms with Crippen LogP contribution in [0.4, 0.5) is 5.69 Å². The first-order chi connectivity index (χ1) is 12.3. The number of nitrogens with one attached hydrogen (secondary N) is 1. The van der Waals surface area contributed by atoms with Gasteiger partial charge in [-0.2, -0.15) is 8.42 Å². The van der Waals surface area contributed by atoms with Crippen LogP contribution in [0.5, 0.6) is 0 Å². The number of nitrogens with zero attached hydrogens (tertiary/aromatic N) is 2. The lowest BCUT2D eigenvalue weighted by molar-refractivity contribution is -0.131. The van der Waals surface area contributed by atoms with E-state index in [0.717, 1.165) is 36.8 Å². The van der Waals surface area contributed by atoms with E-state index < -0.39 is 15.9 Å². The molecule has 1 aliphatic carbocycles. The number of hydrogen-bond donors (Lipinski definition) is 1. The van der Waals surface area contributed by atoms with Crippen molar-refractivity contribution < 1.29 is 13.2 Å². The monoisotopic (exact) mass is 395 g/mol. The summed E-state index contributed by atoms with van der Waals surface area (Å²) in [5, 5.41) is 3.34. The first kappa shape index (κ1) is 20.5. The van der Waals surface area contributed by atoms with Gasteiger partial charge in [0.05, 0.1) is 11.1 Å². The summed E-state index contributed by atoms with van der Waals surface area (Å²) in [5.74, 6) is -0.0316. The van der Waals surface area contributed by atoms with Crippen LogP contribution in [-0.4, -0.2) is 37.4 Å². The zero-order chi connectivity index (χ0) is 19.5. The predicted molar refractivity (Wildman–Crippen MR) is 106 cm³/mol. The molecular weight excluding hydrogens is 370 g/mol. The van der Waals surface area contributed by atoms with Crippen molar-refractivity contribution in [2.24, 2.45) is 4.36 Å². The van der Waals surface area contributed by atoms with Gasteiger partial charge >= 0.3 is 10.5 Å². The third-order valence-corrected chi connectivity index (χ3v) is 5.64. The van der Waals surface area contributed by atoms with Gasteiger partial charge in [0.1, 0.15) is 0 Å². The molecule has 2 rings (SSSR count). The molecule has 0 aromatic heterocycles. The van der Waals surface area contributed by atoms with Crippen LogP contribution in [0.15, 0.2) is 22.6 Å². The van der Waals surface area contributed by atoms with Crippen molar-refractivity contribution in [1.29, 1.82) is 0 Å². The number of carbonyl (C=O) groups excluding carboxylic acids is 1. The Morgan fingerprint density at radius 2 is 2.08 bits per heavy atom. The first-order valence-corrected chi connectivity index (χ1v) is 10.2. The average Bonchev–Trinajstić information content (AvgIpc) is 3.38. The highest BCUT2D eigenvalue weighted by Crippen LogP contribution is 2.51. The summed E-state index contributed by atoms with van der Waals surface area (Å²) in [6, 6.07) is 5.40. The molecule has 0 bridgehead atoms. The van der Waals surface area contributed by atoms with Crippen LogP contribution in [0.25, 0.3) is 0 Å². The molecule has 0 saturated heterocycles.